The minimum Gasteiger partial charge on any atom is -0.391 e. The fourth-order valence-electron chi connectivity index (χ4n) is 2.70. The van der Waals surface area contributed by atoms with Crippen molar-refractivity contribution in [1.82, 2.24) is 14.7 Å². The Labute approximate surface area is 121 Å². The molecular weight excluding hydrogens is 274 g/mol. The van der Waals surface area contributed by atoms with E-state index in [2.05, 4.69) is 5.10 Å². The summed E-state index contributed by atoms with van der Waals surface area (Å²) in [5.41, 5.74) is 1.04. The molecule has 0 bridgehead atoms. The van der Waals surface area contributed by atoms with Crippen molar-refractivity contribution in [3.63, 3.8) is 0 Å². The Morgan fingerprint density at radius 2 is 2.45 bits per heavy atom. The fraction of sp³-hybridized carbons (Fsp3) is 0.429. The van der Waals surface area contributed by atoms with Gasteiger partial charge in [-0.2, -0.15) is 5.10 Å². The maximum atomic E-state index is 12.5. The van der Waals surface area contributed by atoms with Gasteiger partial charge in [0.25, 0.3) is 5.91 Å². The summed E-state index contributed by atoms with van der Waals surface area (Å²) < 4.78 is 1.74. The number of carbonyl (C=O) groups excluding carboxylic acids is 1. The number of aryl methyl sites for hydroxylation is 1. The van der Waals surface area contributed by atoms with Gasteiger partial charge >= 0.3 is 0 Å². The number of hydrogen-bond acceptors (Lipinski definition) is 4. The Bertz CT molecular complexity index is 593. The molecule has 20 heavy (non-hydrogen) atoms. The fourth-order valence-corrected chi connectivity index (χ4v) is 3.38. The summed E-state index contributed by atoms with van der Waals surface area (Å²) in [6.07, 6.45) is 4.55. The van der Waals surface area contributed by atoms with Gasteiger partial charge in [-0.1, -0.05) is 6.07 Å². The van der Waals surface area contributed by atoms with Crippen LogP contribution in [0.15, 0.2) is 29.9 Å². The van der Waals surface area contributed by atoms with Gasteiger partial charge in [-0.15, -0.1) is 11.3 Å². The molecule has 0 aliphatic carbocycles. The van der Waals surface area contributed by atoms with E-state index in [0.717, 1.165) is 10.4 Å². The zero-order chi connectivity index (χ0) is 14.1. The number of aliphatic hydroxyl groups is 1. The highest BCUT2D eigenvalue weighted by atomic mass is 32.1. The third kappa shape index (κ3) is 2.48. The van der Waals surface area contributed by atoms with E-state index in [0.29, 0.717) is 19.4 Å². The van der Waals surface area contributed by atoms with Crippen molar-refractivity contribution in [2.75, 3.05) is 6.54 Å². The van der Waals surface area contributed by atoms with E-state index in [9.17, 15) is 9.90 Å². The van der Waals surface area contributed by atoms with Crippen molar-refractivity contribution in [2.45, 2.75) is 25.0 Å². The minimum atomic E-state index is -0.459. The van der Waals surface area contributed by atoms with E-state index in [4.69, 9.17) is 0 Å². The monoisotopic (exact) mass is 291 g/mol. The van der Waals surface area contributed by atoms with Crippen molar-refractivity contribution in [1.29, 1.82) is 0 Å². The summed E-state index contributed by atoms with van der Waals surface area (Å²) in [5, 5.41) is 16.2. The van der Waals surface area contributed by atoms with Crippen LogP contribution < -0.4 is 0 Å². The van der Waals surface area contributed by atoms with Gasteiger partial charge in [-0.3, -0.25) is 9.48 Å². The Morgan fingerprint density at radius 1 is 1.60 bits per heavy atom. The van der Waals surface area contributed by atoms with Gasteiger partial charge < -0.3 is 10.0 Å². The first-order valence-electron chi connectivity index (χ1n) is 6.65. The topological polar surface area (TPSA) is 58.4 Å². The second-order valence-corrected chi connectivity index (χ2v) is 6.07. The van der Waals surface area contributed by atoms with E-state index >= 15 is 0 Å². The summed E-state index contributed by atoms with van der Waals surface area (Å²) in [7, 11) is 1.86. The number of likely N-dealkylation sites (tertiary alicyclic amines) is 1. The van der Waals surface area contributed by atoms with Crippen LogP contribution in [-0.2, 0) is 13.5 Å². The maximum Gasteiger partial charge on any atom is 0.264 e. The molecule has 1 aliphatic heterocycles. The molecule has 1 N–H and O–H groups in total. The van der Waals surface area contributed by atoms with Crippen molar-refractivity contribution < 1.29 is 9.90 Å². The number of thiophene rings is 1. The summed E-state index contributed by atoms with van der Waals surface area (Å²) in [4.78, 5) is 15.0. The molecule has 0 unspecified atom stereocenters. The first-order valence-corrected chi connectivity index (χ1v) is 7.53. The second-order valence-electron chi connectivity index (χ2n) is 5.13. The molecule has 0 saturated carbocycles. The average molecular weight is 291 g/mol. The van der Waals surface area contributed by atoms with Gasteiger partial charge in [0.2, 0.25) is 0 Å². The zero-order valence-corrected chi connectivity index (χ0v) is 12.1. The van der Waals surface area contributed by atoms with Crippen molar-refractivity contribution >= 4 is 17.2 Å². The number of amides is 1. The van der Waals surface area contributed by atoms with Crippen LogP contribution in [-0.4, -0.2) is 44.4 Å². The molecule has 1 aliphatic rings. The predicted molar refractivity (Wildman–Crippen MR) is 76.7 cm³/mol. The lowest BCUT2D eigenvalue weighted by Gasteiger charge is -2.25. The van der Waals surface area contributed by atoms with Gasteiger partial charge in [0, 0.05) is 19.8 Å². The normalized spacial score (nSPS) is 22.4. The molecule has 3 heterocycles. The number of rotatable bonds is 3. The van der Waals surface area contributed by atoms with Crippen LogP contribution in [0.25, 0.3) is 0 Å². The molecule has 1 fully saturated rings. The van der Waals surface area contributed by atoms with Gasteiger partial charge in [-0.25, -0.2) is 0 Å². The highest BCUT2D eigenvalue weighted by Gasteiger charge is 2.36. The Hall–Kier alpha value is -1.66. The van der Waals surface area contributed by atoms with Crippen LogP contribution in [0.2, 0.25) is 0 Å². The number of nitrogens with zero attached hydrogens (tertiary/aromatic N) is 3. The second kappa shape index (κ2) is 5.38. The predicted octanol–water partition coefficient (Wildman–Crippen LogP) is 1.30. The van der Waals surface area contributed by atoms with Crippen molar-refractivity contribution in [3.8, 4) is 0 Å². The molecule has 1 amide bonds. The molecule has 0 aromatic carbocycles. The molecular formula is C14H17N3O2S. The lowest BCUT2D eigenvalue weighted by molar-refractivity contribution is 0.0644. The maximum absolute atomic E-state index is 12.5. The largest absolute Gasteiger partial charge is 0.391 e. The number of hydrogen-bond donors (Lipinski definition) is 1. The lowest BCUT2D eigenvalue weighted by atomic mass is 10.0. The molecule has 3 rings (SSSR count). The SMILES string of the molecule is Cn1cc(C[C@H]2[C@H](O)CCN2C(=O)c2cccs2)cn1. The van der Waals surface area contributed by atoms with E-state index < -0.39 is 6.10 Å². The van der Waals surface area contributed by atoms with Crippen LogP contribution in [0.5, 0.6) is 0 Å². The van der Waals surface area contributed by atoms with Gasteiger partial charge in [-0.05, 0) is 29.9 Å². The van der Waals surface area contributed by atoms with Crippen molar-refractivity contribution in [2.24, 2.45) is 7.05 Å². The zero-order valence-electron chi connectivity index (χ0n) is 11.3. The molecule has 1 saturated heterocycles. The molecule has 106 valence electrons. The highest BCUT2D eigenvalue weighted by Crippen LogP contribution is 2.25. The summed E-state index contributed by atoms with van der Waals surface area (Å²) >= 11 is 1.44. The molecule has 0 spiro atoms. The van der Waals surface area contributed by atoms with Crippen LogP contribution in [0.1, 0.15) is 21.7 Å². The molecule has 2 atom stereocenters. The van der Waals surface area contributed by atoms with Gasteiger partial charge in [0.15, 0.2) is 0 Å². The Kier molecular flexibility index (Phi) is 3.58. The molecule has 6 heteroatoms. The lowest BCUT2D eigenvalue weighted by Crippen LogP contribution is -2.40. The van der Waals surface area contributed by atoms with Crippen molar-refractivity contribution in [3.05, 3.63) is 40.3 Å². The van der Waals surface area contributed by atoms with Gasteiger partial charge in [0.1, 0.15) is 0 Å². The summed E-state index contributed by atoms with van der Waals surface area (Å²) in [6.45, 7) is 0.614. The first kappa shape index (κ1) is 13.3. The Balaban J connectivity index is 1.78. The van der Waals surface area contributed by atoms with E-state index in [1.807, 2.05) is 30.8 Å². The van der Waals surface area contributed by atoms with E-state index in [1.54, 1.807) is 15.8 Å². The minimum absolute atomic E-state index is 0.0189. The molecule has 2 aromatic rings. The quantitative estimate of drug-likeness (QED) is 0.927. The standard InChI is InChI=1S/C14H17N3O2S/c1-16-9-10(8-15-16)7-11-12(18)4-5-17(11)14(19)13-3-2-6-20-13/h2-3,6,8-9,11-12,18H,4-5,7H2,1H3/t11-,12+/m0/s1. The Morgan fingerprint density at radius 3 is 3.10 bits per heavy atom. The highest BCUT2D eigenvalue weighted by molar-refractivity contribution is 7.12. The first-order chi connectivity index (χ1) is 9.65. The number of aromatic nitrogens is 2. The van der Waals surface area contributed by atoms with Crippen LogP contribution in [0, 0.1) is 0 Å². The smallest absolute Gasteiger partial charge is 0.264 e. The summed E-state index contributed by atoms with van der Waals surface area (Å²) in [5.74, 6) is 0.0189. The van der Waals surface area contributed by atoms with E-state index in [-0.39, 0.29) is 11.9 Å². The summed E-state index contributed by atoms with van der Waals surface area (Å²) in [6, 6.07) is 3.55. The van der Waals surface area contributed by atoms with E-state index in [1.165, 1.54) is 11.3 Å². The van der Waals surface area contributed by atoms with Crippen LogP contribution >= 0.6 is 11.3 Å². The van der Waals surface area contributed by atoms with Crippen LogP contribution in [0.4, 0.5) is 0 Å². The molecule has 2 aromatic heterocycles. The number of carbonyl (C=O) groups is 1. The average Bonchev–Trinajstić information content (AvgIpc) is 3.13. The molecule has 0 radical (unpaired) electrons. The van der Waals surface area contributed by atoms with Gasteiger partial charge in [0.05, 0.1) is 23.2 Å². The van der Waals surface area contributed by atoms with Crippen LogP contribution in [0.3, 0.4) is 0 Å². The molecule has 5 nitrogen and oxygen atoms in total. The number of aliphatic hydroxyl groups excluding tert-OH is 1. The third-order valence-corrected chi connectivity index (χ3v) is 4.56. The third-order valence-electron chi connectivity index (χ3n) is 3.71.